The molecule has 60 heavy (non-hydrogen) atoms. The smallest absolute Gasteiger partial charge is 0.135 e. The van der Waals surface area contributed by atoms with E-state index in [1.165, 1.54) is 49.7 Å². The SMILES string of the molecule is c1ccc(-c2ccc(-c3ccc(N(c4cccc(-c5ccc(-c6cccc7ccccc67)cc5)c4)c4ccccc4-c4ccc5oc6ccccc6c5c4)cc3)cc2)cc1. The van der Waals surface area contributed by atoms with Gasteiger partial charge in [0.1, 0.15) is 11.2 Å². The molecule has 0 N–H and O–H groups in total. The fourth-order valence-electron chi connectivity index (χ4n) is 8.67. The van der Waals surface area contributed by atoms with Crippen LogP contribution in [0.2, 0.25) is 0 Å². The largest absolute Gasteiger partial charge is 0.456 e. The third-order valence-corrected chi connectivity index (χ3v) is 11.7. The second-order valence-corrected chi connectivity index (χ2v) is 15.3. The molecule has 11 aromatic rings. The summed E-state index contributed by atoms with van der Waals surface area (Å²) in [5.74, 6) is 0. The number of fused-ring (bicyclic) bond motifs is 4. The first-order valence-corrected chi connectivity index (χ1v) is 20.5. The molecule has 0 aliphatic carbocycles. The molecule has 0 spiro atoms. The molecule has 0 aliphatic rings. The summed E-state index contributed by atoms with van der Waals surface area (Å²) in [6.07, 6.45) is 0. The summed E-state index contributed by atoms with van der Waals surface area (Å²) in [7, 11) is 0. The fourth-order valence-corrected chi connectivity index (χ4v) is 8.67. The lowest BCUT2D eigenvalue weighted by Gasteiger charge is -2.28. The molecule has 0 amide bonds. The van der Waals surface area contributed by atoms with E-state index in [0.29, 0.717) is 0 Å². The number of rotatable bonds is 8. The van der Waals surface area contributed by atoms with Crippen LogP contribution in [0.25, 0.3) is 88.3 Å². The van der Waals surface area contributed by atoms with E-state index in [2.05, 4.69) is 229 Å². The van der Waals surface area contributed by atoms with Crippen LogP contribution < -0.4 is 4.90 Å². The van der Waals surface area contributed by atoms with Crippen molar-refractivity contribution < 1.29 is 4.42 Å². The zero-order chi connectivity index (χ0) is 39.8. The van der Waals surface area contributed by atoms with Gasteiger partial charge in [0.05, 0.1) is 5.69 Å². The van der Waals surface area contributed by atoms with Crippen LogP contribution in [-0.4, -0.2) is 0 Å². The summed E-state index contributed by atoms with van der Waals surface area (Å²) >= 11 is 0. The van der Waals surface area contributed by atoms with E-state index in [1.54, 1.807) is 0 Å². The Kier molecular flexibility index (Phi) is 8.87. The summed E-state index contributed by atoms with van der Waals surface area (Å²) in [6.45, 7) is 0. The van der Waals surface area contributed by atoms with E-state index < -0.39 is 0 Å². The van der Waals surface area contributed by atoms with Gasteiger partial charge in [0.2, 0.25) is 0 Å². The lowest BCUT2D eigenvalue weighted by molar-refractivity contribution is 0.669. The normalized spacial score (nSPS) is 11.3. The van der Waals surface area contributed by atoms with Crippen molar-refractivity contribution in [3.8, 4) is 55.6 Å². The highest BCUT2D eigenvalue weighted by Gasteiger charge is 2.19. The molecular formula is C58H39NO. The quantitative estimate of drug-likeness (QED) is 0.153. The van der Waals surface area contributed by atoms with Crippen molar-refractivity contribution in [3.05, 3.63) is 237 Å². The fraction of sp³-hybridized carbons (Fsp3) is 0. The maximum Gasteiger partial charge on any atom is 0.135 e. The molecule has 282 valence electrons. The second-order valence-electron chi connectivity index (χ2n) is 15.3. The molecule has 2 heteroatoms. The van der Waals surface area contributed by atoms with E-state index in [9.17, 15) is 0 Å². The Morgan fingerprint density at radius 3 is 1.57 bits per heavy atom. The Labute approximate surface area is 349 Å². The number of para-hydroxylation sites is 2. The van der Waals surface area contributed by atoms with Crippen LogP contribution >= 0.6 is 0 Å². The molecule has 10 aromatic carbocycles. The Morgan fingerprint density at radius 2 is 0.783 bits per heavy atom. The molecule has 0 aliphatic heterocycles. The van der Waals surface area contributed by atoms with Gasteiger partial charge in [0, 0.05) is 27.7 Å². The molecule has 0 radical (unpaired) electrons. The standard InChI is InChI=1S/C58H39NO/c1-2-12-40(13-3-1)41-24-26-42(27-25-41)43-32-35-49(36-33-43)59(56-22-8-6-19-53(56)48-34-37-58-55(39-48)54-20-7-9-23-57(54)60-58)50-17-10-16-47(38-50)44-28-30-46(31-29-44)52-21-11-15-45-14-4-5-18-51(45)52/h1-39H. The van der Waals surface area contributed by atoms with Crippen LogP contribution in [0.3, 0.4) is 0 Å². The highest BCUT2D eigenvalue weighted by Crippen LogP contribution is 2.44. The zero-order valence-corrected chi connectivity index (χ0v) is 32.9. The lowest BCUT2D eigenvalue weighted by atomic mass is 9.96. The third kappa shape index (κ3) is 6.51. The Hall–Kier alpha value is -7.94. The van der Waals surface area contributed by atoms with Crippen molar-refractivity contribution in [3.63, 3.8) is 0 Å². The van der Waals surface area contributed by atoms with Crippen molar-refractivity contribution >= 4 is 49.8 Å². The Balaban J connectivity index is 1.00. The number of benzene rings is 10. The minimum Gasteiger partial charge on any atom is -0.456 e. The first kappa shape index (κ1) is 35.2. The first-order chi connectivity index (χ1) is 29.7. The number of hydrogen-bond acceptors (Lipinski definition) is 2. The number of hydrogen-bond donors (Lipinski definition) is 0. The van der Waals surface area contributed by atoms with Crippen molar-refractivity contribution in [2.24, 2.45) is 0 Å². The van der Waals surface area contributed by atoms with Gasteiger partial charge in [-0.2, -0.15) is 0 Å². The zero-order valence-electron chi connectivity index (χ0n) is 32.9. The summed E-state index contributed by atoms with van der Waals surface area (Å²) in [5.41, 5.74) is 16.9. The summed E-state index contributed by atoms with van der Waals surface area (Å²) < 4.78 is 6.23. The Morgan fingerprint density at radius 1 is 0.267 bits per heavy atom. The van der Waals surface area contributed by atoms with E-state index in [-0.39, 0.29) is 0 Å². The summed E-state index contributed by atoms with van der Waals surface area (Å²) in [4.78, 5) is 2.39. The summed E-state index contributed by atoms with van der Waals surface area (Å²) in [6, 6.07) is 84.9. The van der Waals surface area contributed by atoms with Crippen LogP contribution in [0.5, 0.6) is 0 Å². The van der Waals surface area contributed by atoms with Gasteiger partial charge in [0.15, 0.2) is 0 Å². The van der Waals surface area contributed by atoms with Gasteiger partial charge < -0.3 is 9.32 Å². The van der Waals surface area contributed by atoms with E-state index in [0.717, 1.165) is 55.7 Å². The molecule has 2 nitrogen and oxygen atoms in total. The monoisotopic (exact) mass is 765 g/mol. The van der Waals surface area contributed by atoms with Gasteiger partial charge in [-0.3, -0.25) is 0 Å². The summed E-state index contributed by atoms with van der Waals surface area (Å²) in [5, 5.41) is 4.75. The van der Waals surface area contributed by atoms with Crippen LogP contribution in [0.1, 0.15) is 0 Å². The average Bonchev–Trinajstić information content (AvgIpc) is 3.70. The topological polar surface area (TPSA) is 16.4 Å². The van der Waals surface area contributed by atoms with Crippen molar-refractivity contribution in [2.45, 2.75) is 0 Å². The third-order valence-electron chi connectivity index (χ3n) is 11.7. The molecule has 0 saturated heterocycles. The molecule has 11 rings (SSSR count). The minimum atomic E-state index is 0.890. The van der Waals surface area contributed by atoms with Crippen LogP contribution in [0.15, 0.2) is 241 Å². The first-order valence-electron chi connectivity index (χ1n) is 20.5. The molecule has 0 saturated carbocycles. The predicted molar refractivity (Wildman–Crippen MR) is 253 cm³/mol. The average molecular weight is 766 g/mol. The second kappa shape index (κ2) is 15.1. The Bertz CT molecular complexity index is 3280. The van der Waals surface area contributed by atoms with Crippen LogP contribution in [0.4, 0.5) is 17.1 Å². The predicted octanol–water partition coefficient (Wildman–Crippen LogP) is 16.5. The van der Waals surface area contributed by atoms with Crippen molar-refractivity contribution in [1.82, 2.24) is 0 Å². The van der Waals surface area contributed by atoms with Gasteiger partial charge in [-0.1, -0.05) is 188 Å². The van der Waals surface area contributed by atoms with Gasteiger partial charge in [0.25, 0.3) is 0 Å². The van der Waals surface area contributed by atoms with Crippen LogP contribution in [0, 0.1) is 0 Å². The van der Waals surface area contributed by atoms with E-state index in [4.69, 9.17) is 4.42 Å². The number of furan rings is 1. The van der Waals surface area contributed by atoms with Gasteiger partial charge in [-0.15, -0.1) is 0 Å². The van der Waals surface area contributed by atoms with Gasteiger partial charge >= 0.3 is 0 Å². The van der Waals surface area contributed by atoms with Crippen LogP contribution in [-0.2, 0) is 0 Å². The van der Waals surface area contributed by atoms with Gasteiger partial charge in [-0.25, -0.2) is 0 Å². The minimum absolute atomic E-state index is 0.890. The maximum absolute atomic E-state index is 6.23. The van der Waals surface area contributed by atoms with Crippen molar-refractivity contribution in [2.75, 3.05) is 4.90 Å². The molecule has 1 aromatic heterocycles. The molecule has 0 bridgehead atoms. The molecule has 0 atom stereocenters. The van der Waals surface area contributed by atoms with Gasteiger partial charge in [-0.05, 0) is 109 Å². The van der Waals surface area contributed by atoms with Crippen molar-refractivity contribution in [1.29, 1.82) is 0 Å². The van der Waals surface area contributed by atoms with E-state index in [1.807, 2.05) is 12.1 Å². The highest BCUT2D eigenvalue weighted by molar-refractivity contribution is 6.07. The molecule has 1 heterocycles. The lowest BCUT2D eigenvalue weighted by Crippen LogP contribution is -2.11. The number of anilines is 3. The number of nitrogens with zero attached hydrogens (tertiary/aromatic N) is 1. The molecule has 0 fully saturated rings. The molecular weight excluding hydrogens is 727 g/mol. The van der Waals surface area contributed by atoms with E-state index >= 15 is 0 Å². The maximum atomic E-state index is 6.23. The molecule has 0 unspecified atom stereocenters. The highest BCUT2D eigenvalue weighted by atomic mass is 16.3.